The second-order valence-electron chi connectivity index (χ2n) is 10.8. The van der Waals surface area contributed by atoms with Crippen LogP contribution in [0.3, 0.4) is 0 Å². The van der Waals surface area contributed by atoms with Gasteiger partial charge < -0.3 is 14.0 Å². The van der Waals surface area contributed by atoms with Crippen LogP contribution in [0, 0.1) is 11.8 Å². The van der Waals surface area contributed by atoms with E-state index in [-0.39, 0.29) is 12.4 Å². The van der Waals surface area contributed by atoms with Crippen molar-refractivity contribution in [2.45, 2.75) is 51.7 Å². The van der Waals surface area contributed by atoms with E-state index in [9.17, 15) is 13.2 Å². The summed E-state index contributed by atoms with van der Waals surface area (Å²) in [6.45, 7) is 4.98. The van der Waals surface area contributed by atoms with E-state index < -0.39 is 11.7 Å². The molecule has 44 heavy (non-hydrogen) atoms. The molecular weight excluding hydrogens is 571 g/mol. The number of likely N-dealkylation sites (tertiary alicyclic amines) is 1. The van der Waals surface area contributed by atoms with E-state index in [0.29, 0.717) is 59.7 Å². The summed E-state index contributed by atoms with van der Waals surface area (Å²) in [6.07, 6.45) is 4.64. The minimum atomic E-state index is -4.45. The van der Waals surface area contributed by atoms with Crippen LogP contribution in [0.1, 0.15) is 60.6 Å². The summed E-state index contributed by atoms with van der Waals surface area (Å²) < 4.78 is 60.0. The fourth-order valence-electron chi connectivity index (χ4n) is 5.31. The van der Waals surface area contributed by atoms with Gasteiger partial charge in [0.15, 0.2) is 5.75 Å². The lowest BCUT2D eigenvalue weighted by atomic mass is 10.1. The number of alkyl halides is 3. The third kappa shape index (κ3) is 6.65. The number of hydrogen-bond donors (Lipinski definition) is 0. The fraction of sp³-hybridized carbons (Fsp3) is 0.364. The van der Waals surface area contributed by atoms with Crippen molar-refractivity contribution >= 4 is 16.6 Å². The van der Waals surface area contributed by atoms with Crippen LogP contribution in [-0.2, 0) is 19.1 Å². The molecule has 0 aliphatic carbocycles. The predicted molar refractivity (Wildman–Crippen MR) is 159 cm³/mol. The van der Waals surface area contributed by atoms with Crippen LogP contribution in [0.25, 0.3) is 16.6 Å². The number of halogens is 3. The Morgan fingerprint density at radius 1 is 1.02 bits per heavy atom. The number of pyridine rings is 2. The molecule has 5 aromatic rings. The molecule has 4 aromatic heterocycles. The highest BCUT2D eigenvalue weighted by molar-refractivity contribution is 5.84. The van der Waals surface area contributed by atoms with Gasteiger partial charge in [-0.15, -0.1) is 0 Å². The van der Waals surface area contributed by atoms with E-state index in [2.05, 4.69) is 32.0 Å². The molecule has 0 bridgehead atoms. The molecule has 1 aliphatic heterocycles. The smallest absolute Gasteiger partial charge is 0.416 e. The van der Waals surface area contributed by atoms with Crippen molar-refractivity contribution in [3.63, 3.8) is 0 Å². The third-order valence-corrected chi connectivity index (χ3v) is 7.46. The molecule has 11 heteroatoms. The Morgan fingerprint density at radius 2 is 1.89 bits per heavy atom. The zero-order valence-electron chi connectivity index (χ0n) is 24.4. The molecule has 5 heterocycles. The van der Waals surface area contributed by atoms with Crippen molar-refractivity contribution in [1.82, 2.24) is 24.7 Å². The molecular formula is C33H32F3N5O3. The molecule has 0 saturated carbocycles. The number of rotatable bonds is 10. The Kier molecular flexibility index (Phi) is 8.70. The van der Waals surface area contributed by atoms with Gasteiger partial charge in [0.1, 0.15) is 22.5 Å². The van der Waals surface area contributed by atoms with Crippen LogP contribution < -0.4 is 9.47 Å². The zero-order valence-corrected chi connectivity index (χ0v) is 24.4. The van der Waals surface area contributed by atoms with E-state index >= 15 is 0 Å². The van der Waals surface area contributed by atoms with Crippen molar-refractivity contribution in [3.05, 3.63) is 82.9 Å². The molecule has 0 radical (unpaired) electrons. The maximum Gasteiger partial charge on any atom is 0.416 e. The maximum atomic E-state index is 13.6. The summed E-state index contributed by atoms with van der Waals surface area (Å²) in [6, 6.07) is 9.74. The molecule has 1 saturated heterocycles. The summed E-state index contributed by atoms with van der Waals surface area (Å²) in [4.78, 5) is 6.71. The number of aryl methyl sites for hydroxylation is 1. The molecule has 228 valence electrons. The van der Waals surface area contributed by atoms with Crippen LogP contribution in [0.15, 0.2) is 59.5 Å². The first-order valence-corrected chi connectivity index (χ1v) is 14.8. The molecule has 1 aromatic carbocycles. The Hall–Kier alpha value is -4.56. The summed E-state index contributed by atoms with van der Waals surface area (Å²) >= 11 is 0. The van der Waals surface area contributed by atoms with E-state index in [1.54, 1.807) is 23.0 Å². The van der Waals surface area contributed by atoms with Gasteiger partial charge in [-0.3, -0.25) is 4.90 Å². The number of ether oxygens (including phenoxy) is 2. The van der Waals surface area contributed by atoms with Crippen molar-refractivity contribution < 1.29 is 27.2 Å². The van der Waals surface area contributed by atoms with Gasteiger partial charge in [0.2, 0.25) is 5.58 Å². The lowest BCUT2D eigenvalue weighted by Crippen LogP contribution is -2.19. The zero-order chi connectivity index (χ0) is 30.5. The van der Waals surface area contributed by atoms with Crippen LogP contribution in [0.5, 0.6) is 11.5 Å². The molecule has 1 fully saturated rings. The van der Waals surface area contributed by atoms with Crippen molar-refractivity contribution in [1.29, 1.82) is 0 Å². The van der Waals surface area contributed by atoms with Crippen LogP contribution in [0.4, 0.5) is 13.2 Å². The van der Waals surface area contributed by atoms with Crippen molar-refractivity contribution in [2.24, 2.45) is 0 Å². The quantitative estimate of drug-likeness (QED) is 0.130. The first-order valence-electron chi connectivity index (χ1n) is 14.8. The Balaban J connectivity index is 1.18. The van der Waals surface area contributed by atoms with Gasteiger partial charge in [0.05, 0.1) is 42.3 Å². The van der Waals surface area contributed by atoms with Crippen LogP contribution >= 0.6 is 0 Å². The normalized spacial score (nSPS) is 13.8. The Bertz CT molecular complexity index is 1810. The largest absolute Gasteiger partial charge is 0.494 e. The predicted octanol–water partition coefficient (Wildman–Crippen LogP) is 6.69. The van der Waals surface area contributed by atoms with Gasteiger partial charge in [-0.05, 0) is 81.1 Å². The molecule has 6 rings (SSSR count). The number of hydrogen-bond acceptors (Lipinski definition) is 7. The minimum absolute atomic E-state index is 0.206. The van der Waals surface area contributed by atoms with E-state index in [1.165, 1.54) is 6.07 Å². The second-order valence-corrected chi connectivity index (χ2v) is 10.8. The van der Waals surface area contributed by atoms with Crippen molar-refractivity contribution in [3.8, 4) is 23.3 Å². The topological polar surface area (TPSA) is 77.9 Å². The molecule has 8 nitrogen and oxygen atoms in total. The molecule has 0 amide bonds. The summed E-state index contributed by atoms with van der Waals surface area (Å²) in [5.74, 6) is 7.08. The average molecular weight is 604 g/mol. The SMILES string of the molecule is CCCOc1cnc2c(CCCOc3cc(CN4CCCC4)cc(C(F)(F)F)c3)noc2c1C#Cc1cnn2ccccc12. The Morgan fingerprint density at radius 3 is 2.70 bits per heavy atom. The first kappa shape index (κ1) is 29.5. The van der Waals surface area contributed by atoms with E-state index in [0.717, 1.165) is 49.5 Å². The average Bonchev–Trinajstić information content (AvgIpc) is 3.77. The van der Waals surface area contributed by atoms with E-state index in [1.807, 2.05) is 31.3 Å². The second kappa shape index (κ2) is 13.0. The van der Waals surface area contributed by atoms with Gasteiger partial charge in [-0.2, -0.15) is 18.3 Å². The third-order valence-electron chi connectivity index (χ3n) is 7.46. The Labute approximate surface area is 252 Å². The van der Waals surface area contributed by atoms with Gasteiger partial charge in [-0.25, -0.2) is 9.50 Å². The summed E-state index contributed by atoms with van der Waals surface area (Å²) in [5.41, 5.74) is 3.67. The molecule has 0 unspecified atom stereocenters. The molecule has 0 atom stereocenters. The molecule has 0 N–H and O–H groups in total. The molecule has 1 aliphatic rings. The van der Waals surface area contributed by atoms with Crippen LogP contribution in [-0.4, -0.2) is 51.0 Å². The van der Waals surface area contributed by atoms with Crippen LogP contribution in [0.2, 0.25) is 0 Å². The van der Waals surface area contributed by atoms with Crippen molar-refractivity contribution in [2.75, 3.05) is 26.3 Å². The van der Waals surface area contributed by atoms with Gasteiger partial charge in [-0.1, -0.05) is 30.0 Å². The lowest BCUT2D eigenvalue weighted by Gasteiger charge is -2.17. The standard InChI is InChI=1S/C33H32F3N5O3/c1-2-15-43-30-21-37-31-28(39-44-32(31)27(30)11-10-24-20-38-41-14-4-3-9-29(24)41)8-7-16-42-26-18-23(22-40-12-5-6-13-40)17-25(19-26)33(34,35)36/h3-4,9,14,17-21H,2,5-8,12-13,15-16,22H2,1H3. The maximum absolute atomic E-state index is 13.6. The summed E-state index contributed by atoms with van der Waals surface area (Å²) in [5, 5.41) is 8.59. The monoisotopic (exact) mass is 603 g/mol. The van der Waals surface area contributed by atoms with E-state index in [4.69, 9.17) is 14.0 Å². The fourth-order valence-corrected chi connectivity index (χ4v) is 5.31. The van der Waals surface area contributed by atoms with Gasteiger partial charge in [0, 0.05) is 12.7 Å². The van der Waals surface area contributed by atoms with Gasteiger partial charge >= 0.3 is 6.18 Å². The highest BCUT2D eigenvalue weighted by Gasteiger charge is 2.31. The highest BCUT2D eigenvalue weighted by Crippen LogP contribution is 2.34. The lowest BCUT2D eigenvalue weighted by molar-refractivity contribution is -0.137. The number of aromatic nitrogens is 4. The first-order chi connectivity index (χ1) is 21.4. The van der Waals surface area contributed by atoms with Gasteiger partial charge in [0.25, 0.3) is 0 Å². The summed E-state index contributed by atoms with van der Waals surface area (Å²) in [7, 11) is 0. The number of nitrogens with zero attached hydrogens (tertiary/aromatic N) is 5. The number of benzene rings is 1. The number of fused-ring (bicyclic) bond motifs is 2. The highest BCUT2D eigenvalue weighted by atomic mass is 19.4. The minimum Gasteiger partial charge on any atom is -0.494 e. The molecule has 0 spiro atoms.